The van der Waals surface area contributed by atoms with Crippen LogP contribution < -0.4 is 5.32 Å². The number of aliphatic hydroxyl groups is 7. The van der Waals surface area contributed by atoms with Gasteiger partial charge in [0.1, 0.15) is 36.6 Å². The fourth-order valence-corrected chi connectivity index (χ4v) is 9.16. The standard InChI is InChI=1S/C58H109NO10/c1-3-5-7-9-11-13-15-17-19-21-23-25-27-29-31-33-35-37-39-41-43-45-50(61)53(63)49(48-68-58-56(66)55(65)54(64)52(47-60)69-58)59-57(67)51(62)46-44-42-40-38-36-34-32-30-28-26-24-22-20-18-16-14-12-10-8-6-4-2/h28-31,37,39,49-56,58,60-66H,3-27,32-36,38,40-48H2,1-2H3,(H,59,67)/b30-28-,31-29+,39-37+. The van der Waals surface area contributed by atoms with Gasteiger partial charge < -0.3 is 50.5 Å². The fourth-order valence-electron chi connectivity index (χ4n) is 9.16. The van der Waals surface area contributed by atoms with E-state index in [-0.39, 0.29) is 12.8 Å². The first-order valence-corrected chi connectivity index (χ1v) is 28.9. The van der Waals surface area contributed by atoms with E-state index in [1.54, 1.807) is 0 Å². The van der Waals surface area contributed by atoms with Crippen LogP contribution in [0.4, 0.5) is 0 Å². The Morgan fingerprint density at radius 2 is 0.870 bits per heavy atom. The number of amides is 1. The molecule has 0 bridgehead atoms. The van der Waals surface area contributed by atoms with Crippen molar-refractivity contribution >= 4 is 5.91 Å². The molecule has 69 heavy (non-hydrogen) atoms. The van der Waals surface area contributed by atoms with E-state index in [1.807, 2.05) is 0 Å². The van der Waals surface area contributed by atoms with Crippen molar-refractivity contribution in [2.45, 2.75) is 313 Å². The molecule has 0 aromatic carbocycles. The molecule has 1 aliphatic heterocycles. The number of nitrogens with one attached hydrogen (secondary N) is 1. The van der Waals surface area contributed by atoms with Crippen molar-refractivity contribution in [1.82, 2.24) is 5.32 Å². The predicted molar refractivity (Wildman–Crippen MR) is 284 cm³/mol. The lowest BCUT2D eigenvalue weighted by Gasteiger charge is -2.40. The Hall–Kier alpha value is -1.67. The highest BCUT2D eigenvalue weighted by Gasteiger charge is 2.44. The van der Waals surface area contributed by atoms with Gasteiger partial charge in [-0.15, -0.1) is 0 Å². The summed E-state index contributed by atoms with van der Waals surface area (Å²) in [6.45, 7) is 3.45. The van der Waals surface area contributed by atoms with Crippen molar-refractivity contribution in [3.05, 3.63) is 36.5 Å². The molecule has 9 unspecified atom stereocenters. The summed E-state index contributed by atoms with van der Waals surface area (Å²) >= 11 is 0. The van der Waals surface area contributed by atoms with E-state index in [9.17, 15) is 40.5 Å². The van der Waals surface area contributed by atoms with Crippen molar-refractivity contribution < 1.29 is 50.0 Å². The van der Waals surface area contributed by atoms with Crippen LogP contribution in [0.5, 0.6) is 0 Å². The highest BCUT2D eigenvalue weighted by molar-refractivity contribution is 5.80. The molecule has 0 radical (unpaired) electrons. The van der Waals surface area contributed by atoms with Crippen LogP contribution in [0.15, 0.2) is 36.5 Å². The molecule has 1 aliphatic rings. The maximum Gasteiger partial charge on any atom is 0.249 e. The van der Waals surface area contributed by atoms with Crippen LogP contribution in [0.2, 0.25) is 0 Å². The SMILES string of the molecule is CCCCCCCCCCCCC/C=C\CCCCCCCCC(O)C(=O)NC(COC1OC(CO)C(O)C(O)C1O)C(O)C(O)CCC/C=C/CC/C=C/CCCCCCCCCCCCCC. The Labute approximate surface area is 422 Å². The van der Waals surface area contributed by atoms with Crippen LogP contribution in [0, 0.1) is 0 Å². The topological polar surface area (TPSA) is 189 Å². The number of carbonyl (C=O) groups excluding carboxylic acids is 1. The first kappa shape index (κ1) is 65.3. The van der Waals surface area contributed by atoms with Crippen LogP contribution in [-0.2, 0) is 14.3 Å². The number of hydrogen-bond donors (Lipinski definition) is 8. The number of unbranched alkanes of at least 4 members (excludes halogenated alkanes) is 31. The maximum absolute atomic E-state index is 13.2. The maximum atomic E-state index is 13.2. The lowest BCUT2D eigenvalue weighted by atomic mass is 9.98. The third kappa shape index (κ3) is 36.0. The predicted octanol–water partition coefficient (Wildman–Crippen LogP) is 11.9. The molecule has 406 valence electrons. The number of allylic oxidation sites excluding steroid dienone is 6. The minimum atomic E-state index is -1.67. The Kier molecular flexibility index (Phi) is 44.8. The van der Waals surface area contributed by atoms with Gasteiger partial charge in [0.15, 0.2) is 6.29 Å². The quantitative estimate of drug-likeness (QED) is 0.0215. The third-order valence-corrected chi connectivity index (χ3v) is 13.9. The van der Waals surface area contributed by atoms with Gasteiger partial charge >= 0.3 is 0 Å². The Bertz CT molecular complexity index is 1210. The van der Waals surface area contributed by atoms with E-state index < -0.39 is 74.2 Å². The molecule has 0 aromatic rings. The van der Waals surface area contributed by atoms with Crippen molar-refractivity contribution in [1.29, 1.82) is 0 Å². The largest absolute Gasteiger partial charge is 0.394 e. The molecule has 0 spiro atoms. The number of carbonyl (C=O) groups is 1. The molecule has 1 fully saturated rings. The van der Waals surface area contributed by atoms with Crippen molar-refractivity contribution in [2.75, 3.05) is 13.2 Å². The Morgan fingerprint density at radius 1 is 0.493 bits per heavy atom. The van der Waals surface area contributed by atoms with E-state index in [1.165, 1.54) is 154 Å². The highest BCUT2D eigenvalue weighted by atomic mass is 16.7. The summed E-state index contributed by atoms with van der Waals surface area (Å²) in [6, 6.07) is -1.19. The van der Waals surface area contributed by atoms with Crippen molar-refractivity contribution in [3.63, 3.8) is 0 Å². The minimum Gasteiger partial charge on any atom is -0.394 e. The molecule has 8 N–H and O–H groups in total. The highest BCUT2D eigenvalue weighted by Crippen LogP contribution is 2.23. The zero-order valence-corrected chi connectivity index (χ0v) is 44.3. The van der Waals surface area contributed by atoms with Crippen LogP contribution in [0.1, 0.15) is 258 Å². The molecule has 1 rings (SSSR count). The summed E-state index contributed by atoms with van der Waals surface area (Å²) in [5.41, 5.74) is 0. The molecular weight excluding hydrogens is 871 g/mol. The van der Waals surface area contributed by atoms with Gasteiger partial charge in [0.2, 0.25) is 5.91 Å². The van der Waals surface area contributed by atoms with Gasteiger partial charge in [-0.3, -0.25) is 4.79 Å². The summed E-state index contributed by atoms with van der Waals surface area (Å²) in [4.78, 5) is 13.2. The van der Waals surface area contributed by atoms with Crippen LogP contribution in [0.3, 0.4) is 0 Å². The summed E-state index contributed by atoms with van der Waals surface area (Å²) in [5.74, 6) is -0.713. The second-order valence-corrected chi connectivity index (χ2v) is 20.3. The normalized spacial score (nSPS) is 20.6. The zero-order chi connectivity index (χ0) is 50.4. The van der Waals surface area contributed by atoms with Crippen LogP contribution in [0.25, 0.3) is 0 Å². The lowest BCUT2D eigenvalue weighted by Crippen LogP contribution is -2.60. The second-order valence-electron chi connectivity index (χ2n) is 20.3. The molecule has 1 heterocycles. The van der Waals surface area contributed by atoms with Gasteiger partial charge in [-0.05, 0) is 77.0 Å². The van der Waals surface area contributed by atoms with Gasteiger partial charge in [-0.1, -0.05) is 217 Å². The monoisotopic (exact) mass is 980 g/mol. The summed E-state index contributed by atoms with van der Waals surface area (Å²) < 4.78 is 11.1. The molecular formula is C58H109NO10. The van der Waals surface area contributed by atoms with E-state index in [2.05, 4.69) is 55.6 Å². The summed E-state index contributed by atoms with van der Waals surface area (Å²) in [7, 11) is 0. The lowest BCUT2D eigenvalue weighted by molar-refractivity contribution is -0.303. The van der Waals surface area contributed by atoms with Crippen molar-refractivity contribution in [3.8, 4) is 0 Å². The van der Waals surface area contributed by atoms with Crippen LogP contribution >= 0.6 is 0 Å². The number of hydrogen-bond acceptors (Lipinski definition) is 10. The van der Waals surface area contributed by atoms with E-state index in [0.29, 0.717) is 19.3 Å². The summed E-state index contributed by atoms with van der Waals surface area (Å²) in [6.07, 6.45) is 46.2. The van der Waals surface area contributed by atoms with E-state index in [4.69, 9.17) is 9.47 Å². The smallest absolute Gasteiger partial charge is 0.249 e. The van der Waals surface area contributed by atoms with E-state index in [0.717, 1.165) is 57.8 Å². The minimum absolute atomic E-state index is 0.244. The molecule has 0 aromatic heterocycles. The third-order valence-electron chi connectivity index (χ3n) is 13.9. The average Bonchev–Trinajstić information content (AvgIpc) is 3.35. The molecule has 0 saturated carbocycles. The molecule has 9 atom stereocenters. The first-order chi connectivity index (χ1) is 33.7. The van der Waals surface area contributed by atoms with Crippen LogP contribution in [-0.4, -0.2) is 110 Å². The Balaban J connectivity index is 2.36. The van der Waals surface area contributed by atoms with Gasteiger partial charge in [0.25, 0.3) is 0 Å². The second kappa shape index (κ2) is 47.3. The first-order valence-electron chi connectivity index (χ1n) is 28.9. The molecule has 11 heteroatoms. The fraction of sp³-hybridized carbons (Fsp3) is 0.879. The number of ether oxygens (including phenoxy) is 2. The van der Waals surface area contributed by atoms with E-state index >= 15 is 0 Å². The summed E-state index contributed by atoms with van der Waals surface area (Å²) in [5, 5.41) is 76.1. The van der Waals surface area contributed by atoms with Crippen molar-refractivity contribution in [2.24, 2.45) is 0 Å². The Morgan fingerprint density at radius 3 is 1.29 bits per heavy atom. The van der Waals surface area contributed by atoms with Gasteiger partial charge in [0, 0.05) is 0 Å². The van der Waals surface area contributed by atoms with Gasteiger partial charge in [-0.2, -0.15) is 0 Å². The zero-order valence-electron chi connectivity index (χ0n) is 44.3. The number of aliphatic hydroxyl groups excluding tert-OH is 7. The molecule has 1 saturated heterocycles. The molecule has 11 nitrogen and oxygen atoms in total. The van der Waals surface area contributed by atoms with Gasteiger partial charge in [0.05, 0.1) is 25.4 Å². The molecule has 1 amide bonds. The number of rotatable bonds is 49. The molecule has 0 aliphatic carbocycles. The average molecular weight is 981 g/mol. The van der Waals surface area contributed by atoms with Gasteiger partial charge in [-0.25, -0.2) is 0 Å².